The van der Waals surface area contributed by atoms with Crippen molar-refractivity contribution in [3.63, 3.8) is 0 Å². The predicted octanol–water partition coefficient (Wildman–Crippen LogP) is 5.71. The van der Waals surface area contributed by atoms with Crippen LogP contribution in [0.25, 0.3) is 0 Å². The van der Waals surface area contributed by atoms with Gasteiger partial charge in [0, 0.05) is 0 Å². The van der Waals surface area contributed by atoms with E-state index in [9.17, 15) is 8.78 Å². The Labute approximate surface area is 104 Å². The van der Waals surface area contributed by atoms with Crippen LogP contribution in [0.5, 0.6) is 0 Å². The van der Waals surface area contributed by atoms with E-state index in [1.807, 2.05) is 0 Å². The van der Waals surface area contributed by atoms with Crippen molar-refractivity contribution in [1.29, 1.82) is 0 Å². The molecule has 0 nitrogen and oxygen atoms in total. The molecule has 0 aromatic heterocycles. The molecule has 0 aromatic carbocycles. The first-order valence-electron chi connectivity index (χ1n) is 6.78. The molecule has 1 fully saturated rings. The zero-order valence-electron chi connectivity index (χ0n) is 11.2. The minimum Gasteiger partial charge on any atom is -0.209 e. The monoisotopic (exact) mass is 242 g/mol. The van der Waals surface area contributed by atoms with Crippen LogP contribution in [-0.4, -0.2) is 0 Å². The fraction of sp³-hybridized carbons (Fsp3) is 0.733. The van der Waals surface area contributed by atoms with Crippen LogP contribution in [0, 0.1) is 11.8 Å². The van der Waals surface area contributed by atoms with Crippen molar-refractivity contribution in [2.45, 2.75) is 59.3 Å². The average Bonchev–Trinajstić information content (AvgIpc) is 2.32. The van der Waals surface area contributed by atoms with Crippen LogP contribution in [0.4, 0.5) is 8.78 Å². The summed E-state index contributed by atoms with van der Waals surface area (Å²) in [6, 6.07) is 0. The minimum atomic E-state index is -0.686. The molecule has 2 heteroatoms. The van der Waals surface area contributed by atoms with E-state index >= 15 is 0 Å². The molecule has 0 unspecified atom stereocenters. The maximum absolute atomic E-state index is 13.7. The molecule has 0 saturated heterocycles. The van der Waals surface area contributed by atoms with Crippen molar-refractivity contribution in [1.82, 2.24) is 0 Å². The highest BCUT2D eigenvalue weighted by atomic mass is 19.2. The number of hydrogen-bond acceptors (Lipinski definition) is 0. The molecule has 17 heavy (non-hydrogen) atoms. The van der Waals surface area contributed by atoms with Crippen molar-refractivity contribution in [3.05, 3.63) is 23.3 Å². The van der Waals surface area contributed by atoms with E-state index in [1.165, 1.54) is 19.8 Å². The highest BCUT2D eigenvalue weighted by Crippen LogP contribution is 2.38. The van der Waals surface area contributed by atoms with Gasteiger partial charge >= 0.3 is 0 Å². The Balaban J connectivity index is 2.61. The lowest BCUT2D eigenvalue weighted by Crippen LogP contribution is -2.16. The lowest BCUT2D eigenvalue weighted by molar-refractivity contribution is 0.283. The fourth-order valence-corrected chi connectivity index (χ4v) is 2.91. The summed E-state index contributed by atoms with van der Waals surface area (Å²) < 4.78 is 26.6. The van der Waals surface area contributed by atoms with Crippen molar-refractivity contribution >= 4 is 0 Å². The molecular weight excluding hydrogens is 218 g/mol. The maximum atomic E-state index is 13.7. The molecule has 0 spiro atoms. The van der Waals surface area contributed by atoms with Crippen LogP contribution >= 0.6 is 0 Å². The summed E-state index contributed by atoms with van der Waals surface area (Å²) in [6.45, 7) is 5.20. The Bertz CT molecular complexity index is 290. The van der Waals surface area contributed by atoms with Crippen LogP contribution in [0.2, 0.25) is 0 Å². The zero-order chi connectivity index (χ0) is 12.8. The lowest BCUT2D eigenvalue weighted by Gasteiger charge is -2.29. The molecule has 1 aliphatic carbocycles. The standard InChI is InChI=1S/C15H24F2/c1-4-6-12-7-9-13(10-8-12)14(5-2)15(17)11(3)16/h5,12-13H,4,6-10H2,1-3H3/b14-5-,15-11-. The van der Waals surface area contributed by atoms with Gasteiger partial charge in [0.15, 0.2) is 5.83 Å². The summed E-state index contributed by atoms with van der Waals surface area (Å²) in [6.07, 6.45) is 8.57. The van der Waals surface area contributed by atoms with Gasteiger partial charge in [0.2, 0.25) is 0 Å². The summed E-state index contributed by atoms with van der Waals surface area (Å²) >= 11 is 0. The summed E-state index contributed by atoms with van der Waals surface area (Å²) in [5, 5.41) is 0. The van der Waals surface area contributed by atoms with Gasteiger partial charge in [-0.3, -0.25) is 0 Å². The van der Waals surface area contributed by atoms with Gasteiger partial charge in [0.05, 0.1) is 0 Å². The van der Waals surface area contributed by atoms with E-state index in [2.05, 4.69) is 6.92 Å². The average molecular weight is 242 g/mol. The SMILES string of the molecule is C/C=C(\C(F)=C(/C)F)C1CCC(CCC)CC1. The Morgan fingerprint density at radius 2 is 1.76 bits per heavy atom. The molecule has 0 aromatic rings. The van der Waals surface area contributed by atoms with E-state index in [1.54, 1.807) is 13.0 Å². The van der Waals surface area contributed by atoms with Crippen molar-refractivity contribution in [2.75, 3.05) is 0 Å². The van der Waals surface area contributed by atoms with Gasteiger partial charge < -0.3 is 0 Å². The second-order valence-electron chi connectivity index (χ2n) is 5.10. The van der Waals surface area contributed by atoms with Crippen molar-refractivity contribution < 1.29 is 8.78 Å². The van der Waals surface area contributed by atoms with Crippen LogP contribution < -0.4 is 0 Å². The second kappa shape index (κ2) is 6.93. The van der Waals surface area contributed by atoms with Gasteiger partial charge in [0.1, 0.15) is 5.83 Å². The van der Waals surface area contributed by atoms with E-state index < -0.39 is 11.7 Å². The fourth-order valence-electron chi connectivity index (χ4n) is 2.91. The van der Waals surface area contributed by atoms with E-state index in [-0.39, 0.29) is 5.92 Å². The Hall–Kier alpha value is -0.660. The lowest BCUT2D eigenvalue weighted by atomic mass is 9.76. The minimum absolute atomic E-state index is 0.221. The zero-order valence-corrected chi connectivity index (χ0v) is 11.2. The van der Waals surface area contributed by atoms with Crippen molar-refractivity contribution in [2.24, 2.45) is 11.8 Å². The third-order valence-electron chi connectivity index (χ3n) is 3.85. The van der Waals surface area contributed by atoms with Gasteiger partial charge in [-0.25, -0.2) is 8.78 Å². The molecule has 1 saturated carbocycles. The van der Waals surface area contributed by atoms with E-state index in [0.717, 1.165) is 31.6 Å². The molecule has 0 radical (unpaired) electrons. The molecule has 98 valence electrons. The molecule has 1 aliphatic rings. The molecule has 0 atom stereocenters. The highest BCUT2D eigenvalue weighted by molar-refractivity contribution is 5.29. The van der Waals surface area contributed by atoms with Gasteiger partial charge in [-0.15, -0.1) is 0 Å². The third kappa shape index (κ3) is 3.93. The number of allylic oxidation sites excluding steroid dienone is 4. The Morgan fingerprint density at radius 3 is 2.18 bits per heavy atom. The van der Waals surface area contributed by atoms with Crippen LogP contribution in [0.1, 0.15) is 59.3 Å². The topological polar surface area (TPSA) is 0 Å². The number of rotatable bonds is 4. The van der Waals surface area contributed by atoms with Gasteiger partial charge in [-0.2, -0.15) is 0 Å². The Kier molecular flexibility index (Phi) is 5.87. The summed E-state index contributed by atoms with van der Waals surface area (Å²) in [5.74, 6) is -0.299. The molecule has 0 bridgehead atoms. The van der Waals surface area contributed by atoms with Crippen LogP contribution in [-0.2, 0) is 0 Å². The summed E-state index contributed by atoms with van der Waals surface area (Å²) in [4.78, 5) is 0. The highest BCUT2D eigenvalue weighted by Gasteiger charge is 2.25. The van der Waals surface area contributed by atoms with Crippen LogP contribution in [0.15, 0.2) is 23.3 Å². The van der Waals surface area contributed by atoms with E-state index in [0.29, 0.717) is 5.57 Å². The first-order valence-corrected chi connectivity index (χ1v) is 6.78. The normalized spacial score (nSPS) is 27.9. The molecule has 0 aliphatic heterocycles. The maximum Gasteiger partial charge on any atom is 0.157 e. The first-order chi connectivity index (χ1) is 8.10. The molecule has 0 heterocycles. The largest absolute Gasteiger partial charge is 0.209 e. The Morgan fingerprint density at radius 1 is 1.18 bits per heavy atom. The van der Waals surface area contributed by atoms with Crippen molar-refractivity contribution in [3.8, 4) is 0 Å². The number of hydrogen-bond donors (Lipinski definition) is 0. The molecule has 0 amide bonds. The van der Waals surface area contributed by atoms with Gasteiger partial charge in [0.25, 0.3) is 0 Å². The molecular formula is C15H24F2. The van der Waals surface area contributed by atoms with Crippen LogP contribution in [0.3, 0.4) is 0 Å². The number of halogens is 2. The summed E-state index contributed by atoms with van der Waals surface area (Å²) in [7, 11) is 0. The van der Waals surface area contributed by atoms with Gasteiger partial charge in [-0.1, -0.05) is 25.8 Å². The second-order valence-corrected chi connectivity index (χ2v) is 5.10. The predicted molar refractivity (Wildman–Crippen MR) is 69.0 cm³/mol. The quantitative estimate of drug-likeness (QED) is 0.554. The van der Waals surface area contributed by atoms with Gasteiger partial charge in [-0.05, 0) is 56.9 Å². The molecule has 1 rings (SSSR count). The molecule has 0 N–H and O–H groups in total. The summed E-state index contributed by atoms with van der Waals surface area (Å²) in [5.41, 5.74) is 0.583. The smallest absolute Gasteiger partial charge is 0.157 e. The first kappa shape index (κ1) is 14.4. The van der Waals surface area contributed by atoms with E-state index in [4.69, 9.17) is 0 Å². The third-order valence-corrected chi connectivity index (χ3v) is 3.85.